The molecule has 5 nitrogen and oxygen atoms in total. The fourth-order valence-electron chi connectivity index (χ4n) is 2.09. The van der Waals surface area contributed by atoms with E-state index in [1.165, 1.54) is 0 Å². The van der Waals surface area contributed by atoms with Gasteiger partial charge in [0.2, 0.25) is 0 Å². The largest absolute Gasteiger partial charge is 0.534 e. The zero-order chi connectivity index (χ0) is 17.3. The number of hydrogen-bond donors (Lipinski definition) is 0. The first-order valence-electron chi connectivity index (χ1n) is 6.85. The average Bonchev–Trinajstić information content (AvgIpc) is 2.47. The molecule has 0 aliphatic heterocycles. The average molecular weight is 348 g/mol. The first-order chi connectivity index (χ1) is 10.7. The van der Waals surface area contributed by atoms with Gasteiger partial charge in [-0.15, -0.1) is 0 Å². The molecule has 0 spiro atoms. The third kappa shape index (κ3) is 3.49. The summed E-state index contributed by atoms with van der Waals surface area (Å²) in [4.78, 5) is 5.61. The number of para-hydroxylation sites is 1. The molecule has 1 heterocycles. The number of hydrogen-bond acceptors (Lipinski definition) is 5. The van der Waals surface area contributed by atoms with Crippen molar-refractivity contribution in [2.45, 2.75) is 19.4 Å². The first-order valence-corrected chi connectivity index (χ1v) is 8.26. The topological polar surface area (TPSA) is 59.5 Å². The van der Waals surface area contributed by atoms with E-state index in [4.69, 9.17) is 0 Å². The third-order valence-corrected chi connectivity index (χ3v) is 4.19. The van der Waals surface area contributed by atoms with Gasteiger partial charge in [-0.25, -0.2) is 4.98 Å². The Bertz CT molecular complexity index is 803. The van der Waals surface area contributed by atoms with Crippen LogP contribution < -0.4 is 9.08 Å². The van der Waals surface area contributed by atoms with Crippen molar-refractivity contribution in [2.24, 2.45) is 0 Å². The Balaban J connectivity index is 2.62. The van der Waals surface area contributed by atoms with Crippen molar-refractivity contribution in [3.8, 4) is 5.88 Å². The van der Waals surface area contributed by atoms with Crippen LogP contribution in [0.1, 0.15) is 13.8 Å². The van der Waals surface area contributed by atoms with Crippen LogP contribution in [0.5, 0.6) is 5.88 Å². The predicted molar refractivity (Wildman–Crippen MR) is 80.9 cm³/mol. The molecule has 0 radical (unpaired) electrons. The molecule has 9 heteroatoms. The van der Waals surface area contributed by atoms with E-state index in [9.17, 15) is 21.6 Å². The fraction of sp³-hybridized carbons (Fsp3) is 0.357. The van der Waals surface area contributed by atoms with Gasteiger partial charge in [0.1, 0.15) is 5.69 Å². The van der Waals surface area contributed by atoms with Gasteiger partial charge in [0.15, 0.2) is 0 Å². The van der Waals surface area contributed by atoms with E-state index in [2.05, 4.69) is 9.17 Å². The summed E-state index contributed by atoms with van der Waals surface area (Å²) in [6.07, 6.45) is 0. The molecule has 0 amide bonds. The lowest BCUT2D eigenvalue weighted by Crippen LogP contribution is -2.30. The van der Waals surface area contributed by atoms with Crippen LogP contribution in [-0.2, 0) is 10.1 Å². The maximum Gasteiger partial charge on any atom is 0.534 e. The van der Waals surface area contributed by atoms with Gasteiger partial charge in [-0.1, -0.05) is 18.2 Å². The molecule has 0 aliphatic carbocycles. The monoisotopic (exact) mass is 348 g/mol. The molecule has 2 aromatic rings. The van der Waals surface area contributed by atoms with Gasteiger partial charge >= 0.3 is 15.6 Å². The minimum absolute atomic E-state index is 0.196. The highest BCUT2D eigenvalue weighted by Gasteiger charge is 2.49. The van der Waals surface area contributed by atoms with Gasteiger partial charge in [0.25, 0.3) is 5.88 Å². The normalized spacial score (nSPS) is 12.4. The van der Waals surface area contributed by atoms with Crippen LogP contribution in [0.3, 0.4) is 0 Å². The summed E-state index contributed by atoms with van der Waals surface area (Å²) in [5.74, 6) is -0.579. The highest BCUT2D eigenvalue weighted by atomic mass is 32.2. The van der Waals surface area contributed by atoms with Crippen molar-refractivity contribution in [1.29, 1.82) is 0 Å². The lowest BCUT2D eigenvalue weighted by Gasteiger charge is -2.23. The highest BCUT2D eigenvalue weighted by Crippen LogP contribution is 2.34. The van der Waals surface area contributed by atoms with Crippen LogP contribution in [0.15, 0.2) is 30.3 Å². The van der Waals surface area contributed by atoms with E-state index in [1.54, 1.807) is 49.1 Å². The zero-order valence-electron chi connectivity index (χ0n) is 12.5. The van der Waals surface area contributed by atoms with Gasteiger partial charge in [0, 0.05) is 18.5 Å². The van der Waals surface area contributed by atoms with Gasteiger partial charge in [-0.2, -0.15) is 21.6 Å². The Kier molecular flexibility index (Phi) is 4.69. The van der Waals surface area contributed by atoms with E-state index >= 15 is 0 Å². The number of nitrogens with zero attached hydrogens (tertiary/aromatic N) is 2. The summed E-state index contributed by atoms with van der Waals surface area (Å²) in [6.45, 7) is 4.50. The minimum atomic E-state index is -5.78. The number of pyridine rings is 1. The maximum absolute atomic E-state index is 12.6. The van der Waals surface area contributed by atoms with E-state index in [0.717, 1.165) is 0 Å². The molecular weight excluding hydrogens is 333 g/mol. The summed E-state index contributed by atoms with van der Waals surface area (Å²) in [7, 11) is -5.78. The predicted octanol–water partition coefficient (Wildman–Crippen LogP) is 3.31. The van der Waals surface area contributed by atoms with Crippen molar-refractivity contribution in [2.75, 3.05) is 18.0 Å². The lowest BCUT2D eigenvalue weighted by atomic mass is 10.2. The zero-order valence-corrected chi connectivity index (χ0v) is 13.3. The van der Waals surface area contributed by atoms with Crippen LogP contribution >= 0.6 is 0 Å². The Morgan fingerprint density at radius 2 is 1.78 bits per heavy atom. The molecule has 1 aromatic heterocycles. The summed E-state index contributed by atoms with van der Waals surface area (Å²) >= 11 is 0. The second kappa shape index (κ2) is 6.23. The van der Waals surface area contributed by atoms with Gasteiger partial charge in [-0.05, 0) is 26.0 Å². The van der Waals surface area contributed by atoms with Crippen LogP contribution in [0, 0.1) is 0 Å². The molecule has 0 saturated heterocycles. The van der Waals surface area contributed by atoms with Crippen LogP contribution in [-0.4, -0.2) is 32.0 Å². The number of halogens is 3. The molecule has 0 unspecified atom stereocenters. The molecule has 0 bridgehead atoms. The number of anilines is 1. The minimum Gasteiger partial charge on any atom is -0.368 e. The number of rotatable bonds is 5. The SMILES string of the molecule is CCN(CC)c1cc2ccccc2nc1OS(=O)(=O)C(F)(F)F. The van der Waals surface area contributed by atoms with Gasteiger partial charge < -0.3 is 9.08 Å². The second-order valence-electron chi connectivity index (χ2n) is 4.66. The Morgan fingerprint density at radius 1 is 1.17 bits per heavy atom. The standard InChI is InChI=1S/C14H15F3N2O3S/c1-3-19(4-2)12-9-10-7-5-6-8-11(10)18-13(12)22-23(20,21)14(15,16)17/h5-9H,3-4H2,1-2H3. The second-order valence-corrected chi connectivity index (χ2v) is 6.20. The quantitative estimate of drug-likeness (QED) is 0.613. The smallest absolute Gasteiger partial charge is 0.368 e. The highest BCUT2D eigenvalue weighted by molar-refractivity contribution is 7.88. The summed E-state index contributed by atoms with van der Waals surface area (Å²) < 4.78 is 64.6. The van der Waals surface area contributed by atoms with Crippen molar-refractivity contribution < 1.29 is 25.8 Å². The van der Waals surface area contributed by atoms with E-state index in [1.807, 2.05) is 0 Å². The lowest BCUT2D eigenvalue weighted by molar-refractivity contribution is -0.0501. The molecule has 1 aromatic carbocycles. The van der Waals surface area contributed by atoms with E-state index < -0.39 is 21.5 Å². The number of alkyl halides is 3. The fourth-order valence-corrected chi connectivity index (χ4v) is 2.52. The molecule has 0 saturated carbocycles. The van der Waals surface area contributed by atoms with Crippen molar-refractivity contribution in [1.82, 2.24) is 4.98 Å². The van der Waals surface area contributed by atoms with Crippen molar-refractivity contribution in [3.63, 3.8) is 0 Å². The maximum atomic E-state index is 12.6. The van der Waals surface area contributed by atoms with Crippen LogP contribution in [0.2, 0.25) is 0 Å². The van der Waals surface area contributed by atoms with E-state index in [-0.39, 0.29) is 5.69 Å². The third-order valence-electron chi connectivity index (χ3n) is 3.25. The molecule has 0 aliphatic rings. The molecule has 126 valence electrons. The summed E-state index contributed by atoms with van der Waals surface area (Å²) in [5, 5.41) is 0.672. The molecule has 0 N–H and O–H groups in total. The Morgan fingerprint density at radius 3 is 2.35 bits per heavy atom. The summed E-state index contributed by atoms with van der Waals surface area (Å²) in [6, 6.07) is 8.26. The number of aromatic nitrogens is 1. The van der Waals surface area contributed by atoms with Crippen LogP contribution in [0.25, 0.3) is 10.9 Å². The molecule has 0 atom stereocenters. The molecular formula is C14H15F3N2O3S. The number of fused-ring (bicyclic) bond motifs is 1. The first kappa shape index (κ1) is 17.3. The van der Waals surface area contributed by atoms with Gasteiger partial charge in [0.05, 0.1) is 5.52 Å². The van der Waals surface area contributed by atoms with Gasteiger partial charge in [-0.3, -0.25) is 0 Å². The van der Waals surface area contributed by atoms with E-state index in [0.29, 0.717) is 24.0 Å². The van der Waals surface area contributed by atoms with Crippen molar-refractivity contribution >= 4 is 26.7 Å². The molecule has 0 fully saturated rings. The summed E-state index contributed by atoms with van der Waals surface area (Å²) in [5.41, 5.74) is -4.97. The Labute approximate surface area is 131 Å². The molecule has 2 rings (SSSR count). The number of benzene rings is 1. The molecule has 23 heavy (non-hydrogen) atoms. The van der Waals surface area contributed by atoms with Crippen LogP contribution in [0.4, 0.5) is 18.9 Å². The van der Waals surface area contributed by atoms with Crippen molar-refractivity contribution in [3.05, 3.63) is 30.3 Å². The Hall–Kier alpha value is -2.03.